The first-order valence-corrected chi connectivity index (χ1v) is 15.0. The van der Waals surface area contributed by atoms with Crippen molar-refractivity contribution in [1.29, 1.82) is 0 Å². The topological polar surface area (TPSA) is 114 Å². The molecule has 2 saturated heterocycles. The van der Waals surface area contributed by atoms with Crippen LogP contribution in [0.4, 0.5) is 0 Å². The minimum Gasteiger partial charge on any atom is -0.481 e. The number of carbonyl (C=O) groups is 1. The first kappa shape index (κ1) is 28.8. The Balaban J connectivity index is 1.40. The molecule has 1 aliphatic carbocycles. The quantitative estimate of drug-likeness (QED) is 0.318. The summed E-state index contributed by atoms with van der Waals surface area (Å²) in [7, 11) is 0. The van der Waals surface area contributed by atoms with Crippen molar-refractivity contribution in [2.75, 3.05) is 13.1 Å². The average Bonchev–Trinajstić information content (AvgIpc) is 2.85. The van der Waals surface area contributed by atoms with E-state index in [0.717, 1.165) is 57.9 Å². The monoisotopic (exact) mass is 517 g/mol. The Kier molecular flexibility index (Phi) is 9.96. The lowest BCUT2D eigenvalue weighted by molar-refractivity contribution is -0.143. The Hall–Kier alpha value is -1.17. The molecule has 0 aromatic heterocycles. The number of aliphatic hydroxyl groups is 2. The highest BCUT2D eigenvalue weighted by molar-refractivity contribution is 5.68. The molecule has 0 aromatic rings. The van der Waals surface area contributed by atoms with E-state index < -0.39 is 11.6 Å². The highest BCUT2D eigenvalue weighted by atomic mass is 16.4. The van der Waals surface area contributed by atoms with Crippen LogP contribution in [-0.4, -0.2) is 69.7 Å². The molecular formula is C30H51N3O4. The van der Waals surface area contributed by atoms with Gasteiger partial charge in [0.2, 0.25) is 0 Å². The number of fused-ring (bicyclic) bond motifs is 2. The zero-order valence-corrected chi connectivity index (χ0v) is 23.1. The predicted octanol–water partition coefficient (Wildman–Crippen LogP) is 3.18. The molecule has 0 aromatic carbocycles. The van der Waals surface area contributed by atoms with Crippen molar-refractivity contribution < 1.29 is 20.1 Å². The molecule has 3 heterocycles. The third kappa shape index (κ3) is 8.16. The maximum atomic E-state index is 11.5. The van der Waals surface area contributed by atoms with E-state index in [1.165, 1.54) is 25.7 Å². The number of β-amino-alcohol motifs (C(OH)–C–C–N with tert-alkyl or cyclic N) is 1. The van der Waals surface area contributed by atoms with Crippen molar-refractivity contribution in [3.8, 4) is 11.8 Å². The largest absolute Gasteiger partial charge is 0.481 e. The number of hydrogen-bond donors (Lipinski definition) is 6. The number of aliphatic carboxylic acids is 1. The summed E-state index contributed by atoms with van der Waals surface area (Å²) in [6, 6.07) is 1.04. The van der Waals surface area contributed by atoms with Crippen molar-refractivity contribution in [3.63, 3.8) is 0 Å². The second kappa shape index (κ2) is 12.8. The van der Waals surface area contributed by atoms with Crippen LogP contribution in [-0.2, 0) is 4.79 Å². The summed E-state index contributed by atoms with van der Waals surface area (Å²) in [6.45, 7) is 5.54. The lowest BCUT2D eigenvalue weighted by atomic mass is 9.71. The van der Waals surface area contributed by atoms with Gasteiger partial charge in [0.05, 0.1) is 18.1 Å². The Bertz CT molecular complexity index is 819. The molecule has 7 atom stereocenters. The second-order valence-electron chi connectivity index (χ2n) is 13.1. The van der Waals surface area contributed by atoms with Crippen molar-refractivity contribution in [2.45, 2.75) is 139 Å². The van der Waals surface area contributed by atoms with Crippen molar-refractivity contribution in [3.05, 3.63) is 0 Å². The van der Waals surface area contributed by atoms with E-state index in [4.69, 9.17) is 0 Å². The zero-order valence-electron chi connectivity index (χ0n) is 23.1. The molecule has 7 heteroatoms. The Morgan fingerprint density at radius 1 is 1.03 bits per heavy atom. The molecule has 6 N–H and O–H groups in total. The first-order chi connectivity index (χ1) is 17.6. The van der Waals surface area contributed by atoms with Gasteiger partial charge in [0.15, 0.2) is 0 Å². The Labute approximate surface area is 223 Å². The number of nitrogens with one attached hydrogen (secondary N) is 3. The molecule has 3 aliphatic heterocycles. The molecule has 0 radical (unpaired) electrons. The van der Waals surface area contributed by atoms with Gasteiger partial charge in [-0.05, 0) is 96.4 Å². The SMILES string of the molecule is CC1NC(C2CCC(C3C#CCC4CC(C)(CCN4)NCC(O)(CC(=O)O)CCCC3)CC2)CCC1O. The van der Waals surface area contributed by atoms with Crippen molar-refractivity contribution in [1.82, 2.24) is 16.0 Å². The van der Waals surface area contributed by atoms with E-state index in [2.05, 4.69) is 41.6 Å². The van der Waals surface area contributed by atoms with Crippen molar-refractivity contribution in [2.24, 2.45) is 17.8 Å². The van der Waals surface area contributed by atoms with Crippen molar-refractivity contribution >= 4 is 5.97 Å². The van der Waals surface area contributed by atoms with Crippen LogP contribution < -0.4 is 16.0 Å². The summed E-state index contributed by atoms with van der Waals surface area (Å²) in [5.74, 6) is 8.04. The highest BCUT2D eigenvalue weighted by Crippen LogP contribution is 2.39. The molecule has 1 saturated carbocycles. The van der Waals surface area contributed by atoms with Crippen LogP contribution in [0.3, 0.4) is 0 Å². The highest BCUT2D eigenvalue weighted by Gasteiger charge is 2.37. The molecule has 4 rings (SSSR count). The van der Waals surface area contributed by atoms with Gasteiger partial charge in [-0.1, -0.05) is 18.8 Å². The molecular weight excluding hydrogens is 466 g/mol. The van der Waals surface area contributed by atoms with Gasteiger partial charge in [-0.15, -0.1) is 5.92 Å². The number of rotatable bonds is 4. The lowest BCUT2D eigenvalue weighted by Gasteiger charge is -2.42. The van der Waals surface area contributed by atoms with Gasteiger partial charge >= 0.3 is 5.97 Å². The Morgan fingerprint density at radius 3 is 2.51 bits per heavy atom. The number of hydrogen-bond acceptors (Lipinski definition) is 6. The third-order valence-electron chi connectivity index (χ3n) is 9.96. The Morgan fingerprint density at radius 2 is 1.78 bits per heavy atom. The molecule has 0 spiro atoms. The molecule has 3 fully saturated rings. The van der Waals surface area contributed by atoms with Gasteiger partial charge in [0.1, 0.15) is 0 Å². The number of carboxylic acid groups (broad SMARTS) is 1. The van der Waals surface area contributed by atoms with Gasteiger partial charge in [-0.2, -0.15) is 0 Å². The van der Waals surface area contributed by atoms with Crippen LogP contribution >= 0.6 is 0 Å². The molecule has 0 amide bonds. The van der Waals surface area contributed by atoms with Crippen LogP contribution in [0.2, 0.25) is 0 Å². The van der Waals surface area contributed by atoms with Gasteiger partial charge in [0.25, 0.3) is 0 Å². The molecule has 7 unspecified atom stereocenters. The lowest BCUT2D eigenvalue weighted by Crippen LogP contribution is -2.57. The minimum absolute atomic E-state index is 0.118. The number of aliphatic hydroxyl groups excluding tert-OH is 1. The van der Waals surface area contributed by atoms with Crippen LogP contribution in [0, 0.1) is 29.6 Å². The maximum Gasteiger partial charge on any atom is 0.306 e. The van der Waals surface area contributed by atoms with Gasteiger partial charge in [-0.25, -0.2) is 0 Å². The zero-order chi connectivity index (χ0) is 26.5. The average molecular weight is 518 g/mol. The first-order valence-electron chi connectivity index (χ1n) is 15.0. The molecule has 210 valence electrons. The maximum absolute atomic E-state index is 11.5. The third-order valence-corrected chi connectivity index (χ3v) is 9.96. The van der Waals surface area contributed by atoms with Gasteiger partial charge in [0, 0.05) is 42.5 Å². The van der Waals surface area contributed by atoms with Crippen LogP contribution in [0.1, 0.15) is 104 Å². The molecule has 4 aliphatic rings. The second-order valence-corrected chi connectivity index (χ2v) is 13.1. The predicted molar refractivity (Wildman–Crippen MR) is 146 cm³/mol. The van der Waals surface area contributed by atoms with Crippen LogP contribution in [0.5, 0.6) is 0 Å². The minimum atomic E-state index is -1.21. The fourth-order valence-electron chi connectivity index (χ4n) is 7.48. The number of piperidine rings is 2. The van der Waals surface area contributed by atoms with Gasteiger partial charge < -0.3 is 31.3 Å². The normalized spacial score (nSPS) is 44.2. The van der Waals surface area contributed by atoms with E-state index in [-0.39, 0.29) is 24.1 Å². The fourth-order valence-corrected chi connectivity index (χ4v) is 7.48. The summed E-state index contributed by atoms with van der Waals surface area (Å²) < 4.78 is 0. The summed E-state index contributed by atoms with van der Waals surface area (Å²) in [6.07, 6.45) is 12.5. The van der Waals surface area contributed by atoms with Crippen LogP contribution in [0.15, 0.2) is 0 Å². The fraction of sp³-hybridized carbons (Fsp3) is 0.900. The van der Waals surface area contributed by atoms with Gasteiger partial charge in [-0.3, -0.25) is 4.79 Å². The summed E-state index contributed by atoms with van der Waals surface area (Å²) >= 11 is 0. The van der Waals surface area contributed by atoms with E-state index in [1.807, 2.05) is 0 Å². The van der Waals surface area contributed by atoms with E-state index in [1.54, 1.807) is 0 Å². The van der Waals surface area contributed by atoms with Crippen LogP contribution in [0.25, 0.3) is 0 Å². The molecule has 2 bridgehead atoms. The smallest absolute Gasteiger partial charge is 0.306 e. The number of carboxylic acids is 1. The summed E-state index contributed by atoms with van der Waals surface area (Å²) in [5.41, 5.74) is -1.33. The summed E-state index contributed by atoms with van der Waals surface area (Å²) in [4.78, 5) is 11.5. The standard InChI is InChI=1S/C30H51N3O4/c1-21-27(34)14-13-26(33-21)24-11-9-23(10-12-24)22-6-3-4-15-30(37,19-28(35)36)20-32-29(2)16-17-31-25(18-29)8-5-7-22/h21-27,31-34,37H,3-4,6,8-20H2,1-2H3,(H,35,36). The summed E-state index contributed by atoms with van der Waals surface area (Å²) in [5, 5.41) is 41.7. The molecule has 7 nitrogen and oxygen atoms in total. The van der Waals surface area contributed by atoms with E-state index in [0.29, 0.717) is 42.8 Å². The van der Waals surface area contributed by atoms with E-state index >= 15 is 0 Å². The molecule has 37 heavy (non-hydrogen) atoms. The van der Waals surface area contributed by atoms with E-state index in [9.17, 15) is 20.1 Å².